The zero-order valence-electron chi connectivity index (χ0n) is 49.0. The van der Waals surface area contributed by atoms with E-state index in [1.807, 2.05) is 20.9 Å². The number of aliphatic hydroxyl groups is 2. The molecule has 7 unspecified atom stereocenters. The van der Waals surface area contributed by atoms with Gasteiger partial charge in [-0.05, 0) is 99.8 Å². The number of unbranched alkanes of at least 4 members (excludes halogenated alkanes) is 2. The van der Waals surface area contributed by atoms with Crippen molar-refractivity contribution in [3.8, 4) is 0 Å². The lowest BCUT2D eigenvalue weighted by Gasteiger charge is -2.18. The van der Waals surface area contributed by atoms with Gasteiger partial charge < -0.3 is 96.8 Å². The van der Waals surface area contributed by atoms with Gasteiger partial charge in [-0.2, -0.15) is 0 Å². The van der Waals surface area contributed by atoms with Crippen molar-refractivity contribution in [2.75, 3.05) is 153 Å². The average molecular weight is 1330 g/mol. The lowest BCUT2D eigenvalue weighted by molar-refractivity contribution is -0.118. The van der Waals surface area contributed by atoms with Crippen LogP contribution in [0.5, 0.6) is 0 Å². The second-order valence-electron chi connectivity index (χ2n) is 17.8. The van der Waals surface area contributed by atoms with Crippen LogP contribution in [0.25, 0.3) is 0 Å². The molecule has 0 aliphatic rings. The van der Waals surface area contributed by atoms with Crippen molar-refractivity contribution in [2.45, 2.75) is 131 Å². The quantitative estimate of drug-likeness (QED) is 0.0158. The van der Waals surface area contributed by atoms with Gasteiger partial charge in [0.05, 0.1) is 33.0 Å². The van der Waals surface area contributed by atoms with Crippen LogP contribution >= 0.6 is 51.4 Å². The van der Waals surface area contributed by atoms with Gasteiger partial charge in [-0.15, -0.1) is 0 Å². The minimum atomic E-state index is -2.69. The predicted molar refractivity (Wildman–Crippen MR) is 379 cm³/mol. The van der Waals surface area contributed by atoms with Crippen LogP contribution in [-0.4, -0.2) is 247 Å². The molecular weight excluding hydrogens is 1190 g/mol. The van der Waals surface area contributed by atoms with E-state index in [2.05, 4.69) is 72.3 Å². The van der Waals surface area contributed by atoms with E-state index in [1.165, 1.54) is 6.92 Å². The molecular formula is C52H139N4O18P7. The summed E-state index contributed by atoms with van der Waals surface area (Å²) in [7, 11) is -14.1. The van der Waals surface area contributed by atoms with Gasteiger partial charge in [-0.3, -0.25) is 10.1 Å². The summed E-state index contributed by atoms with van der Waals surface area (Å²) in [5, 5.41) is 30.2. The molecule has 0 spiro atoms. The Morgan fingerprint density at radius 2 is 0.840 bits per heavy atom. The van der Waals surface area contributed by atoms with E-state index in [1.54, 1.807) is 60.5 Å². The zero-order chi connectivity index (χ0) is 60.3. The van der Waals surface area contributed by atoms with E-state index in [0.29, 0.717) is 52.9 Å². The zero-order valence-corrected chi connectivity index (χ0v) is 55.3. The first-order valence-corrected chi connectivity index (χ1v) is 40.9. The third-order valence-electron chi connectivity index (χ3n) is 7.40. The fraction of sp³-hybridized carbons (Fsp3) is 0.846. The van der Waals surface area contributed by atoms with Crippen LogP contribution in [0.2, 0.25) is 0 Å². The first-order valence-electron chi connectivity index (χ1n) is 24.8. The lowest BCUT2D eigenvalue weighted by Crippen LogP contribution is -2.28. The monoisotopic (exact) mass is 1320 g/mol. The highest BCUT2D eigenvalue weighted by atomic mass is 31.2. The van der Waals surface area contributed by atoms with E-state index in [9.17, 15) is 14.6 Å². The Kier molecular flexibility index (Phi) is 97.3. The predicted octanol–water partition coefficient (Wildman–Crippen LogP) is 9.66. The van der Waals surface area contributed by atoms with Crippen LogP contribution in [0.1, 0.15) is 131 Å². The molecule has 0 aromatic heterocycles. The van der Waals surface area contributed by atoms with Crippen LogP contribution in [0.3, 0.4) is 0 Å². The molecule has 0 saturated carbocycles. The first kappa shape index (κ1) is 113. The smallest absolute Gasteiger partial charge is 0.247 e. The van der Waals surface area contributed by atoms with Gasteiger partial charge in [-0.1, -0.05) is 109 Å². The van der Waals surface area contributed by atoms with Crippen molar-refractivity contribution in [3.05, 3.63) is 0 Å². The summed E-state index contributed by atoms with van der Waals surface area (Å²) < 4.78 is 39.7. The average Bonchev–Trinajstić information content (AvgIpc) is 3.23. The Morgan fingerprint density at radius 1 is 0.494 bits per heavy atom. The second-order valence-corrected chi connectivity index (χ2v) is 34.6. The molecule has 0 heterocycles. The van der Waals surface area contributed by atoms with Crippen molar-refractivity contribution in [1.29, 1.82) is 0 Å². The lowest BCUT2D eigenvalue weighted by atomic mass is 10.0. The number of amides is 1. The number of hydrogen-bond acceptors (Lipinski definition) is 21. The normalized spacial score (nSPS) is 14.7. The summed E-state index contributed by atoms with van der Waals surface area (Å²) in [5.41, 5.74) is 0. The van der Waals surface area contributed by atoms with Crippen molar-refractivity contribution in [2.24, 2.45) is 11.8 Å². The topological polar surface area (TPSA) is 321 Å². The summed E-state index contributed by atoms with van der Waals surface area (Å²) in [6.07, 6.45) is 30.9. The molecule has 0 aliphatic heterocycles. The summed E-state index contributed by atoms with van der Waals surface area (Å²) in [6.45, 7) is 30.3. The first-order chi connectivity index (χ1) is 34.1. The molecule has 7 atom stereocenters. The Balaban J connectivity index is -0.0000000614. The number of hydrogen-bond donors (Lipinski definition) is 13. The molecule has 29 heteroatoms. The second kappa shape index (κ2) is 69.9. The van der Waals surface area contributed by atoms with E-state index in [0.717, 1.165) is 71.1 Å². The summed E-state index contributed by atoms with van der Waals surface area (Å²) in [6, 6.07) is 0. The van der Waals surface area contributed by atoms with Crippen molar-refractivity contribution < 1.29 is 85.7 Å². The highest BCUT2D eigenvalue weighted by Gasteiger charge is 2.12. The Labute approximate surface area is 501 Å². The van der Waals surface area contributed by atoms with Gasteiger partial charge in [0, 0.05) is 91.5 Å². The van der Waals surface area contributed by atoms with Gasteiger partial charge >= 0.3 is 0 Å². The number of aliphatic hydroxyl groups excluding tert-OH is 2. The Hall–Kier alpha value is 0.770. The van der Waals surface area contributed by atoms with Crippen LogP contribution in [-0.2, 0) is 41.2 Å². The third kappa shape index (κ3) is 145. The number of carbonyl (C=O) groups is 1. The number of carbonyl (C=O) groups excluding carboxylic acids is 1. The molecule has 510 valence electrons. The molecule has 0 aliphatic carbocycles. The van der Waals surface area contributed by atoms with Crippen LogP contribution in [0.15, 0.2) is 0 Å². The molecule has 0 radical (unpaired) electrons. The molecule has 0 saturated heterocycles. The highest BCUT2D eigenvalue weighted by Crippen LogP contribution is 2.42. The summed E-state index contributed by atoms with van der Waals surface area (Å²) >= 11 is 0. The van der Waals surface area contributed by atoms with E-state index < -0.39 is 51.4 Å². The van der Waals surface area contributed by atoms with E-state index in [4.69, 9.17) is 71.1 Å². The SMILES string of the molecule is C.C.C.C.C.C.C=P(C)(C)O.C=P(C)(O)OCC.C=P(C)(O)OCC(CO)CCCCNC.C=P(C)(O)OCC(CO)CCCCNC(C)=O.C=P(C)(O)OCNCCNCC.C=P(C)(O)OCOCCC.C=P(O)(OCC)OCC. The highest BCUT2D eigenvalue weighted by molar-refractivity contribution is 7.66. The molecule has 13 N–H and O–H groups in total. The minimum Gasteiger partial charge on any atom is -0.396 e. The molecule has 81 heavy (non-hydrogen) atoms. The van der Waals surface area contributed by atoms with Crippen LogP contribution in [0, 0.1) is 11.8 Å². The fourth-order valence-corrected chi connectivity index (χ4v) is 7.40. The Morgan fingerprint density at radius 3 is 1.11 bits per heavy atom. The number of ether oxygens (including phenoxy) is 1. The maximum Gasteiger partial charge on any atom is 0.247 e. The number of rotatable bonds is 36. The van der Waals surface area contributed by atoms with E-state index >= 15 is 0 Å². The van der Waals surface area contributed by atoms with Crippen molar-refractivity contribution >= 4 is 101 Å². The minimum absolute atomic E-state index is 0. The maximum atomic E-state index is 10.6. The molecule has 0 fully saturated rings. The fourth-order valence-electron chi connectivity index (χ4n) is 4.23. The maximum absolute atomic E-state index is 10.6. The molecule has 0 aromatic rings. The number of nitrogens with one attached hydrogen (secondary N) is 4. The molecule has 22 nitrogen and oxygen atoms in total. The molecule has 0 aromatic carbocycles. The molecule has 1 amide bonds. The van der Waals surface area contributed by atoms with Crippen LogP contribution < -0.4 is 21.3 Å². The standard InChI is InChI=1S/C11H24NO4P.C10H24NO3P.C7H19N2O2P.C6H15O3P.C5H13O3P.C4H11O2P.C3H9OP.6CH4/c1-10(14)12-7-5-4-6-11(8-13)9-16-17(2,3)15;1-11-7-5-4-6-10(8-12)9-14-15(2,3)13;1-4-8-5-6-9-7-11-12(2,3)10;1-4-5-8-6-9-10(2,3)7;1-4-7-9(3,6)8-5-2;1-4-6-7(2,3)5;1-5(2,3)4;;;;;;/h11,13,15H,2,4-9H2,1,3H3,(H,12,14);10-13H,2,4-9H2,1,3H3;8-10H,2,4-7H2,1,3H3;7H,2,4-6H2,1,3H3;6H,3-5H2,1-2H3;5H,2,4H2,1,3H3;4H,1H2,2-3H3;6*1H4. The summed E-state index contributed by atoms with van der Waals surface area (Å²) in [4.78, 5) is 73.9. The van der Waals surface area contributed by atoms with Gasteiger partial charge in [0.25, 0.3) is 0 Å². The van der Waals surface area contributed by atoms with Crippen LogP contribution in [0.4, 0.5) is 0 Å². The van der Waals surface area contributed by atoms with Gasteiger partial charge in [-0.25, -0.2) is 0 Å². The Bertz CT molecular complexity index is 1610. The van der Waals surface area contributed by atoms with Crippen molar-refractivity contribution in [3.63, 3.8) is 0 Å². The third-order valence-corrected chi connectivity index (χ3v) is 12.3. The van der Waals surface area contributed by atoms with Gasteiger partial charge in [0.15, 0.2) is 6.79 Å². The van der Waals surface area contributed by atoms with Gasteiger partial charge in [0.2, 0.25) is 13.5 Å². The van der Waals surface area contributed by atoms with Crippen molar-refractivity contribution in [1.82, 2.24) is 21.3 Å². The number of likely N-dealkylation sites (N-methyl/N-ethyl adjacent to an activating group) is 1. The van der Waals surface area contributed by atoms with E-state index in [-0.39, 0.29) is 82.3 Å². The molecule has 0 bridgehead atoms. The summed E-state index contributed by atoms with van der Waals surface area (Å²) in [5.74, 6) is 0.126. The molecule has 0 rings (SSSR count). The largest absolute Gasteiger partial charge is 0.396 e. The van der Waals surface area contributed by atoms with Gasteiger partial charge in [0.1, 0.15) is 43.4 Å².